The van der Waals surface area contributed by atoms with Gasteiger partial charge in [0.2, 0.25) is 0 Å². The van der Waals surface area contributed by atoms with Crippen molar-refractivity contribution in [3.8, 4) is 17.0 Å². The normalized spacial score (nSPS) is 11.3. The van der Waals surface area contributed by atoms with Crippen molar-refractivity contribution in [2.24, 2.45) is 0 Å². The highest BCUT2D eigenvalue weighted by Crippen LogP contribution is 2.27. The minimum Gasteiger partial charge on any atom is -0.497 e. The van der Waals surface area contributed by atoms with Crippen molar-refractivity contribution in [2.45, 2.75) is 6.54 Å². The second-order valence-electron chi connectivity index (χ2n) is 6.80. The van der Waals surface area contributed by atoms with Gasteiger partial charge in [-0.05, 0) is 35.9 Å². The van der Waals surface area contributed by atoms with Crippen LogP contribution in [0.4, 0.5) is 0 Å². The van der Waals surface area contributed by atoms with Crippen LogP contribution in [0.2, 0.25) is 5.02 Å². The highest BCUT2D eigenvalue weighted by atomic mass is 35.5. The first kappa shape index (κ1) is 18.3. The van der Waals surface area contributed by atoms with Crippen molar-refractivity contribution in [3.63, 3.8) is 0 Å². The lowest BCUT2D eigenvalue weighted by atomic mass is 10.1. The molecule has 0 aliphatic rings. The van der Waals surface area contributed by atoms with E-state index in [1.54, 1.807) is 34.5 Å². The molecule has 3 aromatic heterocycles. The number of rotatable bonds is 4. The average molecular weight is 418 g/mol. The minimum atomic E-state index is -0.154. The first-order valence-corrected chi connectivity index (χ1v) is 9.63. The van der Waals surface area contributed by atoms with E-state index in [1.165, 1.54) is 6.33 Å². The number of fused-ring (bicyclic) bond motifs is 2. The molecule has 7 nitrogen and oxygen atoms in total. The molecule has 148 valence electrons. The fourth-order valence-electron chi connectivity index (χ4n) is 3.49. The Bertz CT molecular complexity index is 1420. The molecule has 2 aromatic carbocycles. The van der Waals surface area contributed by atoms with Crippen LogP contribution in [0.1, 0.15) is 5.56 Å². The van der Waals surface area contributed by atoms with E-state index in [0.29, 0.717) is 33.9 Å². The van der Waals surface area contributed by atoms with Crippen molar-refractivity contribution >= 4 is 28.3 Å². The van der Waals surface area contributed by atoms with Crippen molar-refractivity contribution in [1.82, 2.24) is 24.1 Å². The minimum absolute atomic E-state index is 0.154. The number of nitrogens with zero attached hydrogens (tertiary/aromatic N) is 5. The molecule has 5 aromatic rings. The van der Waals surface area contributed by atoms with Crippen LogP contribution in [0.5, 0.6) is 5.75 Å². The Morgan fingerprint density at radius 1 is 1.03 bits per heavy atom. The highest BCUT2D eigenvalue weighted by Gasteiger charge is 2.17. The van der Waals surface area contributed by atoms with Crippen LogP contribution in [0.3, 0.4) is 0 Å². The predicted molar refractivity (Wildman–Crippen MR) is 115 cm³/mol. The maximum absolute atomic E-state index is 13.5. The van der Waals surface area contributed by atoms with E-state index < -0.39 is 0 Å². The van der Waals surface area contributed by atoms with Crippen LogP contribution >= 0.6 is 11.6 Å². The van der Waals surface area contributed by atoms with E-state index in [9.17, 15) is 4.79 Å². The topological polar surface area (TPSA) is 74.3 Å². The number of hydrogen-bond acceptors (Lipinski definition) is 5. The molecule has 0 saturated carbocycles. The van der Waals surface area contributed by atoms with E-state index in [0.717, 1.165) is 16.9 Å². The lowest BCUT2D eigenvalue weighted by molar-refractivity contribution is 0.414. The summed E-state index contributed by atoms with van der Waals surface area (Å²) in [6.07, 6.45) is 3.18. The summed E-state index contributed by atoms with van der Waals surface area (Å²) in [6, 6.07) is 16.7. The first-order valence-electron chi connectivity index (χ1n) is 9.26. The van der Waals surface area contributed by atoms with Gasteiger partial charge in [-0.3, -0.25) is 4.79 Å². The summed E-state index contributed by atoms with van der Waals surface area (Å²) in [5.74, 6) is 1.20. The third-order valence-electron chi connectivity index (χ3n) is 4.97. The lowest BCUT2D eigenvalue weighted by Gasteiger charge is -2.12. The zero-order valence-electron chi connectivity index (χ0n) is 16.0. The predicted octanol–water partition coefficient (Wildman–Crippen LogP) is 3.82. The Hall–Kier alpha value is -3.71. The van der Waals surface area contributed by atoms with Gasteiger partial charge in [0.1, 0.15) is 12.1 Å². The molecule has 5 rings (SSSR count). The fourth-order valence-corrected chi connectivity index (χ4v) is 3.62. The van der Waals surface area contributed by atoms with E-state index >= 15 is 0 Å². The standard InChI is InChI=1S/C22H16ClN5O2/c1-30-17-8-2-14(3-9-17)12-27-11-10-18-19(21(27)29)20(15-4-6-16(23)7-5-15)28-22(26-18)24-13-25-28/h2-11,13H,12H2,1H3. The summed E-state index contributed by atoms with van der Waals surface area (Å²) in [4.78, 5) is 22.2. The monoisotopic (exact) mass is 417 g/mol. The van der Waals surface area contributed by atoms with E-state index in [2.05, 4.69) is 15.1 Å². The van der Waals surface area contributed by atoms with Crippen LogP contribution in [-0.2, 0) is 6.54 Å². The Morgan fingerprint density at radius 3 is 2.53 bits per heavy atom. The molecule has 30 heavy (non-hydrogen) atoms. The molecule has 0 radical (unpaired) electrons. The number of hydrogen-bond donors (Lipinski definition) is 0. The third kappa shape index (κ3) is 3.09. The van der Waals surface area contributed by atoms with Crippen LogP contribution in [0.15, 0.2) is 71.9 Å². The molecule has 0 unspecified atom stereocenters. The van der Waals surface area contributed by atoms with E-state index in [4.69, 9.17) is 16.3 Å². The summed E-state index contributed by atoms with van der Waals surface area (Å²) < 4.78 is 8.45. The second kappa shape index (κ2) is 7.27. The number of ether oxygens (including phenoxy) is 1. The van der Waals surface area contributed by atoms with E-state index in [-0.39, 0.29) is 5.56 Å². The van der Waals surface area contributed by atoms with Gasteiger partial charge in [-0.25, -0.2) is 4.98 Å². The fraction of sp³-hybridized carbons (Fsp3) is 0.0909. The number of methoxy groups -OCH3 is 1. The van der Waals surface area contributed by atoms with Crippen molar-refractivity contribution < 1.29 is 4.74 Å². The van der Waals surface area contributed by atoms with Gasteiger partial charge < -0.3 is 9.30 Å². The molecule has 0 spiro atoms. The SMILES string of the molecule is COc1ccc(Cn2ccc3nc4ncnn4c(-c4ccc(Cl)cc4)c3c2=O)cc1. The zero-order chi connectivity index (χ0) is 20.7. The maximum Gasteiger partial charge on any atom is 0.262 e. The van der Waals surface area contributed by atoms with Crippen molar-refractivity contribution in [3.05, 3.63) is 88.1 Å². The second-order valence-corrected chi connectivity index (χ2v) is 7.23. The lowest BCUT2D eigenvalue weighted by Crippen LogP contribution is -2.22. The van der Waals surface area contributed by atoms with Gasteiger partial charge in [-0.1, -0.05) is 35.9 Å². The molecule has 0 saturated heterocycles. The Labute approximate surface area is 176 Å². The van der Waals surface area contributed by atoms with E-state index in [1.807, 2.05) is 42.5 Å². The summed E-state index contributed by atoms with van der Waals surface area (Å²) >= 11 is 6.06. The van der Waals surface area contributed by atoms with Gasteiger partial charge in [0.25, 0.3) is 11.3 Å². The molecule has 0 bridgehead atoms. The Morgan fingerprint density at radius 2 is 1.80 bits per heavy atom. The molecule has 0 amide bonds. The Balaban J connectivity index is 1.73. The third-order valence-corrected chi connectivity index (χ3v) is 5.22. The van der Waals surface area contributed by atoms with Gasteiger partial charge in [0, 0.05) is 16.8 Å². The molecule has 8 heteroatoms. The van der Waals surface area contributed by atoms with Crippen LogP contribution in [0, 0.1) is 0 Å². The van der Waals surface area contributed by atoms with Gasteiger partial charge in [-0.15, -0.1) is 0 Å². The molecule has 0 N–H and O–H groups in total. The van der Waals surface area contributed by atoms with Gasteiger partial charge in [-0.2, -0.15) is 14.6 Å². The quantitative estimate of drug-likeness (QED) is 0.444. The van der Waals surface area contributed by atoms with Crippen LogP contribution in [0.25, 0.3) is 27.9 Å². The number of pyridine rings is 1. The summed E-state index contributed by atoms with van der Waals surface area (Å²) in [5, 5.41) is 5.38. The Kier molecular flexibility index (Phi) is 4.44. The molecule has 0 atom stereocenters. The average Bonchev–Trinajstić information content (AvgIpc) is 3.24. The summed E-state index contributed by atoms with van der Waals surface area (Å²) in [7, 11) is 1.62. The zero-order valence-corrected chi connectivity index (χ0v) is 16.7. The van der Waals surface area contributed by atoms with Crippen LogP contribution < -0.4 is 10.3 Å². The molecular weight excluding hydrogens is 402 g/mol. The largest absolute Gasteiger partial charge is 0.497 e. The van der Waals surface area contributed by atoms with Gasteiger partial charge in [0.15, 0.2) is 0 Å². The maximum atomic E-state index is 13.5. The summed E-state index contributed by atoms with van der Waals surface area (Å²) in [5.41, 5.74) is 2.84. The molecular formula is C22H16ClN5O2. The molecule has 0 fully saturated rings. The highest BCUT2D eigenvalue weighted by molar-refractivity contribution is 6.30. The molecule has 3 heterocycles. The van der Waals surface area contributed by atoms with Crippen molar-refractivity contribution in [1.29, 1.82) is 0 Å². The molecule has 0 aliphatic carbocycles. The van der Waals surface area contributed by atoms with Crippen LogP contribution in [-0.4, -0.2) is 31.3 Å². The first-order chi connectivity index (χ1) is 14.6. The number of benzene rings is 2. The van der Waals surface area contributed by atoms with Gasteiger partial charge >= 0.3 is 0 Å². The summed E-state index contributed by atoms with van der Waals surface area (Å²) in [6.45, 7) is 0.425. The molecule has 0 aliphatic heterocycles. The number of aromatic nitrogens is 5. The van der Waals surface area contributed by atoms with Crippen molar-refractivity contribution in [2.75, 3.05) is 7.11 Å². The number of halogens is 1. The van der Waals surface area contributed by atoms with Gasteiger partial charge in [0.05, 0.1) is 30.3 Å². The smallest absolute Gasteiger partial charge is 0.262 e.